The Bertz CT molecular complexity index is 251. The molecule has 0 saturated heterocycles. The van der Waals surface area contributed by atoms with Gasteiger partial charge in [-0.15, -0.1) is 0 Å². The van der Waals surface area contributed by atoms with Crippen molar-refractivity contribution in [2.45, 2.75) is 6.42 Å². The van der Waals surface area contributed by atoms with E-state index in [1.54, 1.807) is 0 Å². The van der Waals surface area contributed by atoms with Crippen LogP contribution in [-0.4, -0.2) is 39.4 Å². The summed E-state index contributed by atoms with van der Waals surface area (Å²) in [6.07, 6.45) is 1.42. The number of amides is 1. The molecule has 0 aromatic rings. The van der Waals surface area contributed by atoms with Crippen LogP contribution in [0.1, 0.15) is 6.42 Å². The molecule has 0 radical (unpaired) electrons. The van der Waals surface area contributed by atoms with Gasteiger partial charge in [0.05, 0.1) is 6.26 Å². The molecular weight excluding hydrogens is 212 g/mol. The first kappa shape index (κ1) is 12.7. The Morgan fingerprint density at radius 3 is 2.46 bits per heavy atom. The fourth-order valence-electron chi connectivity index (χ4n) is 0.628. The maximum absolute atomic E-state index is 10.8. The van der Waals surface area contributed by atoms with Crippen LogP contribution in [0.2, 0.25) is 0 Å². The van der Waals surface area contributed by atoms with E-state index in [9.17, 15) is 13.2 Å². The summed E-state index contributed by atoms with van der Waals surface area (Å²) in [4.78, 5) is 10.8. The summed E-state index contributed by atoms with van der Waals surface area (Å²) in [6.45, 7) is 0.525. The Morgan fingerprint density at radius 1 is 1.38 bits per heavy atom. The molecule has 0 bridgehead atoms. The molecule has 0 unspecified atom stereocenters. The molecule has 0 aliphatic carbocycles. The summed E-state index contributed by atoms with van der Waals surface area (Å²) in [5.74, 6) is 0.371. The summed E-state index contributed by atoms with van der Waals surface area (Å²) in [5.41, 5.74) is 0. The van der Waals surface area contributed by atoms with Crippen LogP contribution in [0.3, 0.4) is 0 Å². The van der Waals surface area contributed by atoms with Crippen LogP contribution in [0.5, 0.6) is 0 Å². The molecule has 5 nitrogen and oxygen atoms in total. The van der Waals surface area contributed by atoms with Gasteiger partial charge in [0.2, 0.25) is 15.9 Å². The molecule has 0 rings (SSSR count). The van der Waals surface area contributed by atoms with Crippen molar-refractivity contribution < 1.29 is 13.2 Å². The van der Waals surface area contributed by atoms with Gasteiger partial charge in [0.15, 0.2) is 0 Å². The molecule has 0 spiro atoms. The minimum Gasteiger partial charge on any atom is -0.355 e. The predicted octanol–water partition coefficient (Wildman–Crippen LogP) is -1.03. The highest BCUT2D eigenvalue weighted by Crippen LogP contribution is 1.82. The molecule has 0 heterocycles. The summed E-state index contributed by atoms with van der Waals surface area (Å²) >= 11 is 3.88. The van der Waals surface area contributed by atoms with Gasteiger partial charge in [0, 0.05) is 19.5 Å². The van der Waals surface area contributed by atoms with Crippen molar-refractivity contribution in [2.24, 2.45) is 0 Å². The second kappa shape index (κ2) is 6.22. The van der Waals surface area contributed by atoms with Crippen molar-refractivity contribution in [1.82, 2.24) is 10.0 Å². The number of carbonyl (C=O) groups excluding carboxylic acids is 1. The molecule has 7 heteroatoms. The maximum atomic E-state index is 10.8. The second-order valence-electron chi connectivity index (χ2n) is 2.49. The lowest BCUT2D eigenvalue weighted by Crippen LogP contribution is -2.34. The van der Waals surface area contributed by atoms with E-state index in [1.807, 2.05) is 0 Å². The molecule has 78 valence electrons. The van der Waals surface area contributed by atoms with E-state index in [0.717, 1.165) is 6.26 Å². The van der Waals surface area contributed by atoms with Gasteiger partial charge in [0.1, 0.15) is 0 Å². The normalized spacial score (nSPS) is 11.2. The van der Waals surface area contributed by atoms with Gasteiger partial charge in [-0.25, -0.2) is 13.1 Å². The van der Waals surface area contributed by atoms with Crippen molar-refractivity contribution >= 4 is 28.6 Å². The average Bonchev–Trinajstić information content (AvgIpc) is 1.97. The summed E-state index contributed by atoms with van der Waals surface area (Å²) in [7, 11) is -3.15. The zero-order chi connectivity index (χ0) is 10.3. The van der Waals surface area contributed by atoms with Crippen LogP contribution < -0.4 is 10.0 Å². The molecule has 2 N–H and O–H groups in total. The average molecular weight is 226 g/mol. The van der Waals surface area contributed by atoms with Crippen LogP contribution >= 0.6 is 12.6 Å². The van der Waals surface area contributed by atoms with Crippen LogP contribution in [-0.2, 0) is 14.8 Å². The SMILES string of the molecule is CS(=O)(=O)NCCNC(=O)CCS. The Hall–Kier alpha value is -0.270. The lowest BCUT2D eigenvalue weighted by Gasteiger charge is -2.03. The van der Waals surface area contributed by atoms with Crippen LogP contribution in [0.4, 0.5) is 0 Å². The minimum atomic E-state index is -3.15. The number of hydrogen-bond donors (Lipinski definition) is 3. The first-order valence-electron chi connectivity index (χ1n) is 3.78. The van der Waals surface area contributed by atoms with Crippen LogP contribution in [0.25, 0.3) is 0 Å². The molecule has 0 aromatic heterocycles. The molecule has 0 aliphatic rings. The van der Waals surface area contributed by atoms with E-state index in [2.05, 4.69) is 22.7 Å². The monoisotopic (exact) mass is 226 g/mol. The lowest BCUT2D eigenvalue weighted by molar-refractivity contribution is -0.120. The van der Waals surface area contributed by atoms with Gasteiger partial charge in [-0.05, 0) is 5.75 Å². The van der Waals surface area contributed by atoms with Crippen molar-refractivity contribution in [3.8, 4) is 0 Å². The number of nitrogens with one attached hydrogen (secondary N) is 2. The van der Waals surface area contributed by atoms with Crippen molar-refractivity contribution in [2.75, 3.05) is 25.1 Å². The van der Waals surface area contributed by atoms with E-state index in [1.165, 1.54) is 0 Å². The summed E-state index contributed by atoms with van der Waals surface area (Å²) < 4.78 is 23.4. The predicted molar refractivity (Wildman–Crippen MR) is 54.3 cm³/mol. The maximum Gasteiger partial charge on any atom is 0.220 e. The van der Waals surface area contributed by atoms with E-state index < -0.39 is 10.0 Å². The van der Waals surface area contributed by atoms with Gasteiger partial charge in [0.25, 0.3) is 0 Å². The second-order valence-corrected chi connectivity index (χ2v) is 4.77. The molecule has 1 amide bonds. The zero-order valence-corrected chi connectivity index (χ0v) is 9.12. The van der Waals surface area contributed by atoms with E-state index in [0.29, 0.717) is 18.7 Å². The van der Waals surface area contributed by atoms with Crippen LogP contribution in [0.15, 0.2) is 0 Å². The highest BCUT2D eigenvalue weighted by molar-refractivity contribution is 7.88. The Balaban J connectivity index is 3.41. The zero-order valence-electron chi connectivity index (χ0n) is 7.41. The van der Waals surface area contributed by atoms with E-state index in [4.69, 9.17) is 0 Å². The van der Waals surface area contributed by atoms with Crippen LogP contribution in [0, 0.1) is 0 Å². The highest BCUT2D eigenvalue weighted by atomic mass is 32.2. The smallest absolute Gasteiger partial charge is 0.220 e. The third-order valence-electron chi connectivity index (χ3n) is 1.15. The number of thiol groups is 1. The van der Waals surface area contributed by atoms with Gasteiger partial charge < -0.3 is 5.32 Å². The minimum absolute atomic E-state index is 0.120. The topological polar surface area (TPSA) is 75.3 Å². The third kappa shape index (κ3) is 9.65. The van der Waals surface area contributed by atoms with Crippen molar-refractivity contribution in [1.29, 1.82) is 0 Å². The van der Waals surface area contributed by atoms with Crippen molar-refractivity contribution in [3.63, 3.8) is 0 Å². The quantitative estimate of drug-likeness (QED) is 0.400. The third-order valence-corrected chi connectivity index (χ3v) is 2.10. The number of sulfonamides is 1. The number of rotatable bonds is 6. The Kier molecular flexibility index (Phi) is 6.10. The highest BCUT2D eigenvalue weighted by Gasteiger charge is 2.00. The van der Waals surface area contributed by atoms with Gasteiger partial charge in [-0.2, -0.15) is 12.6 Å². The van der Waals surface area contributed by atoms with Crippen molar-refractivity contribution in [3.05, 3.63) is 0 Å². The first-order chi connectivity index (χ1) is 5.95. The molecule has 0 aromatic carbocycles. The molecule has 0 atom stereocenters. The first-order valence-corrected chi connectivity index (χ1v) is 6.30. The molecule has 0 fully saturated rings. The molecule has 0 aliphatic heterocycles. The van der Waals surface area contributed by atoms with E-state index >= 15 is 0 Å². The van der Waals surface area contributed by atoms with Gasteiger partial charge in [-0.1, -0.05) is 0 Å². The van der Waals surface area contributed by atoms with Gasteiger partial charge >= 0.3 is 0 Å². The molecule has 13 heavy (non-hydrogen) atoms. The molecular formula is C6H14N2O3S2. The standard InChI is InChI=1S/C6H14N2O3S2/c1-13(10,11)8-4-3-7-6(9)2-5-12/h8,12H,2-5H2,1H3,(H,7,9). The summed E-state index contributed by atoms with van der Waals surface area (Å²) in [6, 6.07) is 0. The fourth-order valence-corrected chi connectivity index (χ4v) is 1.30. The lowest BCUT2D eigenvalue weighted by atomic mass is 10.4. The Morgan fingerprint density at radius 2 is 2.00 bits per heavy atom. The number of hydrogen-bond acceptors (Lipinski definition) is 4. The largest absolute Gasteiger partial charge is 0.355 e. The Labute approximate surface area is 83.7 Å². The molecule has 0 saturated carbocycles. The van der Waals surface area contributed by atoms with Gasteiger partial charge in [-0.3, -0.25) is 4.79 Å². The summed E-state index contributed by atoms with van der Waals surface area (Å²) in [5, 5.41) is 2.54. The van der Waals surface area contributed by atoms with E-state index in [-0.39, 0.29) is 12.5 Å². The fraction of sp³-hybridized carbons (Fsp3) is 0.833. The number of carbonyl (C=O) groups is 1.